The van der Waals surface area contributed by atoms with Gasteiger partial charge in [0.25, 0.3) is 0 Å². The normalized spacial score (nSPS) is 9.90. The molecule has 2 aromatic rings. The van der Waals surface area contributed by atoms with Crippen molar-refractivity contribution in [1.29, 1.82) is 0 Å². The molecule has 0 bridgehead atoms. The Bertz CT molecular complexity index is 607. The van der Waals surface area contributed by atoms with Crippen molar-refractivity contribution in [2.24, 2.45) is 0 Å². The van der Waals surface area contributed by atoms with Crippen LogP contribution >= 0.6 is 23.2 Å². The molecule has 0 saturated heterocycles. The van der Waals surface area contributed by atoms with Crippen LogP contribution in [0.4, 0.5) is 5.82 Å². The highest BCUT2D eigenvalue weighted by atomic mass is 35.5. The van der Waals surface area contributed by atoms with Crippen molar-refractivity contribution in [3.63, 3.8) is 0 Å². The molecule has 0 radical (unpaired) electrons. The fourth-order valence-corrected chi connectivity index (χ4v) is 1.68. The molecule has 1 aromatic heterocycles. The smallest absolute Gasteiger partial charge is 0.235 e. The molecule has 0 spiro atoms. The van der Waals surface area contributed by atoms with Gasteiger partial charge < -0.3 is 10.1 Å². The van der Waals surface area contributed by atoms with E-state index < -0.39 is 0 Å². The number of hydrogen-bond acceptors (Lipinski definition) is 3. The van der Waals surface area contributed by atoms with Crippen LogP contribution in [0.2, 0.25) is 0 Å². The van der Waals surface area contributed by atoms with Crippen LogP contribution in [0.1, 0.15) is 0 Å². The van der Waals surface area contributed by atoms with E-state index in [-0.39, 0.29) is 11.1 Å². The van der Waals surface area contributed by atoms with Gasteiger partial charge in [-0.2, -0.15) is 0 Å². The predicted molar refractivity (Wildman–Crippen MR) is 78.5 cm³/mol. The minimum absolute atomic E-state index is 0.124. The highest BCUT2D eigenvalue weighted by Crippen LogP contribution is 2.21. The van der Waals surface area contributed by atoms with E-state index in [1.807, 2.05) is 30.3 Å². The number of carbonyl (C=O) groups excluding carboxylic acids is 1. The third-order valence-electron chi connectivity index (χ3n) is 2.36. The maximum absolute atomic E-state index is 10.6. The zero-order valence-electron chi connectivity index (χ0n) is 10.3. The standard InChI is InChI=1S/C13H11Cl2N3O2/c14-11(15)6-7-20-13-8-12(16-9-19)18(17-13)10-4-2-1-3-5-10/h1-6,8-9H,7H2,(H,16,19). The van der Waals surface area contributed by atoms with Crippen LogP contribution in [-0.2, 0) is 4.79 Å². The molecule has 0 unspecified atom stereocenters. The second-order valence-corrected chi connectivity index (χ2v) is 4.69. The molecular formula is C13H11Cl2N3O2. The molecule has 7 heteroatoms. The summed E-state index contributed by atoms with van der Waals surface area (Å²) in [5.41, 5.74) is 0.803. The lowest BCUT2D eigenvalue weighted by Crippen LogP contribution is -2.04. The lowest BCUT2D eigenvalue weighted by molar-refractivity contribution is -0.105. The first-order valence-corrected chi connectivity index (χ1v) is 6.46. The van der Waals surface area contributed by atoms with Gasteiger partial charge in [-0.1, -0.05) is 41.4 Å². The van der Waals surface area contributed by atoms with Crippen LogP contribution in [0.25, 0.3) is 5.69 Å². The Hall–Kier alpha value is -1.98. The second kappa shape index (κ2) is 6.98. The fraction of sp³-hybridized carbons (Fsp3) is 0.0769. The zero-order valence-corrected chi connectivity index (χ0v) is 11.8. The summed E-state index contributed by atoms with van der Waals surface area (Å²) in [4.78, 5) is 10.6. The summed E-state index contributed by atoms with van der Waals surface area (Å²) in [5.74, 6) is 0.853. The number of para-hydroxylation sites is 1. The molecule has 5 nitrogen and oxygen atoms in total. The lowest BCUT2D eigenvalue weighted by Gasteiger charge is -2.04. The molecule has 0 aliphatic carbocycles. The van der Waals surface area contributed by atoms with E-state index in [1.165, 1.54) is 6.08 Å². The number of ether oxygens (including phenoxy) is 1. The van der Waals surface area contributed by atoms with Crippen molar-refractivity contribution >= 4 is 35.4 Å². The molecule has 0 aliphatic rings. The number of carbonyl (C=O) groups is 1. The number of aromatic nitrogens is 2. The van der Waals surface area contributed by atoms with Crippen molar-refractivity contribution in [2.75, 3.05) is 11.9 Å². The number of rotatable bonds is 6. The van der Waals surface area contributed by atoms with Crippen molar-refractivity contribution < 1.29 is 9.53 Å². The summed E-state index contributed by atoms with van der Waals surface area (Å²) in [5, 5.41) is 6.82. The summed E-state index contributed by atoms with van der Waals surface area (Å²) in [6.07, 6.45) is 2.08. The van der Waals surface area contributed by atoms with Gasteiger partial charge in [-0.25, -0.2) is 4.68 Å². The quantitative estimate of drug-likeness (QED) is 0.834. The van der Waals surface area contributed by atoms with Crippen LogP contribution in [0.5, 0.6) is 5.88 Å². The Morgan fingerprint density at radius 3 is 2.75 bits per heavy atom. The minimum atomic E-state index is 0.124. The molecule has 104 valence electrons. The Morgan fingerprint density at radius 1 is 1.35 bits per heavy atom. The number of amides is 1. The molecule has 1 amide bonds. The number of hydrogen-bond donors (Lipinski definition) is 1. The topological polar surface area (TPSA) is 56.1 Å². The molecule has 0 atom stereocenters. The molecule has 2 rings (SSSR count). The van der Waals surface area contributed by atoms with E-state index in [2.05, 4.69) is 10.4 Å². The number of nitrogens with one attached hydrogen (secondary N) is 1. The number of nitrogens with zero attached hydrogens (tertiary/aromatic N) is 2. The summed E-state index contributed by atoms with van der Waals surface area (Å²) in [6.45, 7) is 0.189. The van der Waals surface area contributed by atoms with Gasteiger partial charge in [0.05, 0.1) is 5.69 Å². The molecule has 0 aliphatic heterocycles. The van der Waals surface area contributed by atoms with Crippen LogP contribution in [0.15, 0.2) is 47.0 Å². The predicted octanol–water partition coefficient (Wildman–Crippen LogP) is 3.14. The van der Waals surface area contributed by atoms with Gasteiger partial charge in [0.2, 0.25) is 12.3 Å². The molecule has 0 saturated carbocycles. The van der Waals surface area contributed by atoms with E-state index in [9.17, 15) is 4.79 Å². The molecule has 20 heavy (non-hydrogen) atoms. The Balaban J connectivity index is 2.24. The summed E-state index contributed by atoms with van der Waals surface area (Å²) < 4.78 is 7.06. The number of benzene rings is 1. The first-order chi connectivity index (χ1) is 9.70. The fourth-order valence-electron chi connectivity index (χ4n) is 1.55. The lowest BCUT2D eigenvalue weighted by atomic mass is 10.3. The van der Waals surface area contributed by atoms with Gasteiger partial charge in [-0.05, 0) is 18.2 Å². The molecular weight excluding hydrogens is 301 g/mol. The Kier molecular flexibility index (Phi) is 5.03. The van der Waals surface area contributed by atoms with Crippen LogP contribution < -0.4 is 10.1 Å². The molecule has 1 N–H and O–H groups in total. The Morgan fingerprint density at radius 2 is 2.10 bits per heavy atom. The maximum Gasteiger partial charge on any atom is 0.235 e. The third-order valence-corrected chi connectivity index (χ3v) is 2.67. The zero-order chi connectivity index (χ0) is 14.4. The first kappa shape index (κ1) is 14.4. The van der Waals surface area contributed by atoms with Crippen LogP contribution in [-0.4, -0.2) is 22.8 Å². The maximum atomic E-state index is 10.6. The summed E-state index contributed by atoms with van der Waals surface area (Å²) >= 11 is 11.0. The van der Waals surface area contributed by atoms with Gasteiger partial charge >= 0.3 is 0 Å². The van der Waals surface area contributed by atoms with E-state index >= 15 is 0 Å². The summed E-state index contributed by atoms with van der Waals surface area (Å²) in [6, 6.07) is 11.0. The van der Waals surface area contributed by atoms with E-state index in [4.69, 9.17) is 27.9 Å². The Labute approximate surface area is 125 Å². The largest absolute Gasteiger partial charge is 0.472 e. The monoisotopic (exact) mass is 311 g/mol. The van der Waals surface area contributed by atoms with Gasteiger partial charge in [0.15, 0.2) is 0 Å². The van der Waals surface area contributed by atoms with Crippen LogP contribution in [0.3, 0.4) is 0 Å². The molecule has 1 aromatic carbocycles. The van der Waals surface area contributed by atoms with Gasteiger partial charge in [0, 0.05) is 6.07 Å². The van der Waals surface area contributed by atoms with Crippen molar-refractivity contribution in [2.45, 2.75) is 0 Å². The van der Waals surface area contributed by atoms with E-state index in [1.54, 1.807) is 10.7 Å². The molecule has 0 fully saturated rings. The van der Waals surface area contributed by atoms with Gasteiger partial charge in [0.1, 0.15) is 16.9 Å². The van der Waals surface area contributed by atoms with Gasteiger partial charge in [-0.3, -0.25) is 4.79 Å². The first-order valence-electron chi connectivity index (χ1n) is 5.70. The summed E-state index contributed by atoms with van der Waals surface area (Å²) in [7, 11) is 0. The highest BCUT2D eigenvalue weighted by molar-refractivity contribution is 6.55. The minimum Gasteiger partial charge on any atom is -0.472 e. The molecule has 1 heterocycles. The van der Waals surface area contributed by atoms with Gasteiger partial charge in [-0.15, -0.1) is 5.10 Å². The highest BCUT2D eigenvalue weighted by Gasteiger charge is 2.09. The van der Waals surface area contributed by atoms with Crippen molar-refractivity contribution in [3.8, 4) is 11.6 Å². The number of anilines is 1. The second-order valence-electron chi connectivity index (χ2n) is 3.68. The SMILES string of the molecule is O=CNc1cc(OCC=C(Cl)Cl)nn1-c1ccccc1. The number of halogens is 2. The average molecular weight is 312 g/mol. The van der Waals surface area contributed by atoms with Crippen LogP contribution in [0, 0.1) is 0 Å². The van der Waals surface area contributed by atoms with E-state index in [0.717, 1.165) is 5.69 Å². The van der Waals surface area contributed by atoms with E-state index in [0.29, 0.717) is 18.1 Å². The third kappa shape index (κ3) is 3.76. The van der Waals surface area contributed by atoms with Crippen molar-refractivity contribution in [3.05, 3.63) is 47.0 Å². The van der Waals surface area contributed by atoms with Crippen molar-refractivity contribution in [1.82, 2.24) is 9.78 Å². The average Bonchev–Trinajstić information content (AvgIpc) is 2.83.